The van der Waals surface area contributed by atoms with E-state index in [1.165, 1.54) is 0 Å². The molecule has 0 N–H and O–H groups in total. The summed E-state index contributed by atoms with van der Waals surface area (Å²) in [5.74, 6) is -2.95. The third-order valence-corrected chi connectivity index (χ3v) is 9.78. The minimum atomic E-state index is -3.03. The van der Waals surface area contributed by atoms with Crippen molar-refractivity contribution in [2.45, 2.75) is 108 Å². The van der Waals surface area contributed by atoms with Crippen LogP contribution in [0.5, 0.6) is 0 Å². The van der Waals surface area contributed by atoms with Gasteiger partial charge in [0.1, 0.15) is 0 Å². The summed E-state index contributed by atoms with van der Waals surface area (Å²) >= 11 is 0. The summed E-state index contributed by atoms with van der Waals surface area (Å²) in [5.41, 5.74) is 0.510. The van der Waals surface area contributed by atoms with Gasteiger partial charge in [-0.15, -0.1) is 0 Å². The van der Waals surface area contributed by atoms with E-state index >= 15 is 0 Å². The van der Waals surface area contributed by atoms with E-state index in [1.54, 1.807) is 0 Å². The molecule has 1 saturated heterocycles. The van der Waals surface area contributed by atoms with Crippen molar-refractivity contribution >= 4 is 0 Å². The number of rotatable bonds is 6. The molecule has 214 valence electrons. The second-order valence-corrected chi connectivity index (χ2v) is 12.4. The first-order valence-electron chi connectivity index (χ1n) is 14.6. The molecule has 5 rings (SSSR count). The van der Waals surface area contributed by atoms with Crippen molar-refractivity contribution in [3.63, 3.8) is 0 Å². The summed E-state index contributed by atoms with van der Waals surface area (Å²) in [6, 6.07) is 2.22. The maximum atomic E-state index is 14.8. The van der Waals surface area contributed by atoms with Gasteiger partial charge in [-0.05, 0) is 99.7 Å². The number of benzene rings is 1. The van der Waals surface area contributed by atoms with Crippen molar-refractivity contribution in [2.75, 3.05) is 13.2 Å². The van der Waals surface area contributed by atoms with Crippen molar-refractivity contribution in [3.8, 4) is 0 Å². The van der Waals surface area contributed by atoms with Crippen LogP contribution in [0.4, 0.5) is 22.0 Å². The average molecular weight is 545 g/mol. The van der Waals surface area contributed by atoms with E-state index < -0.39 is 29.5 Å². The van der Waals surface area contributed by atoms with Gasteiger partial charge in [0.25, 0.3) is 0 Å². The van der Waals surface area contributed by atoms with E-state index in [1.807, 2.05) is 0 Å². The Hall–Kier alpha value is -1.25. The third-order valence-electron chi connectivity index (χ3n) is 9.78. The Bertz CT molecular complexity index is 887. The van der Waals surface area contributed by atoms with Crippen LogP contribution in [-0.2, 0) is 14.2 Å². The molecule has 3 nitrogen and oxygen atoms in total. The van der Waals surface area contributed by atoms with Gasteiger partial charge in [-0.25, -0.2) is 13.2 Å². The molecule has 4 fully saturated rings. The zero-order valence-corrected chi connectivity index (χ0v) is 22.3. The number of ether oxygens (including phenoxy) is 3. The molecule has 0 atom stereocenters. The fourth-order valence-electron chi connectivity index (χ4n) is 7.21. The number of hydrogen-bond donors (Lipinski definition) is 0. The highest BCUT2D eigenvalue weighted by Crippen LogP contribution is 2.44. The molecule has 38 heavy (non-hydrogen) atoms. The van der Waals surface area contributed by atoms with Gasteiger partial charge < -0.3 is 14.2 Å². The van der Waals surface area contributed by atoms with Crippen LogP contribution in [-0.4, -0.2) is 31.7 Å². The lowest BCUT2D eigenvalue weighted by Gasteiger charge is -2.41. The second kappa shape index (κ2) is 12.1. The average Bonchev–Trinajstić information content (AvgIpc) is 2.92. The van der Waals surface area contributed by atoms with E-state index in [-0.39, 0.29) is 30.1 Å². The molecule has 0 bridgehead atoms. The molecule has 3 saturated carbocycles. The Labute approximate surface area is 222 Å². The van der Waals surface area contributed by atoms with E-state index in [0.717, 1.165) is 63.5 Å². The molecule has 0 unspecified atom stereocenters. The first-order chi connectivity index (χ1) is 18.2. The molecule has 1 aromatic carbocycles. The molecule has 1 heterocycles. The SMILES string of the molecule is CC1CCC(C(F)(F)OC2CCC(C3COC(C4CCC(c5cc(F)c(F)c(F)c5)CC4)OC3)CC2)CC1. The fraction of sp³-hybridized carbons (Fsp3) is 0.800. The van der Waals surface area contributed by atoms with E-state index in [9.17, 15) is 22.0 Å². The maximum Gasteiger partial charge on any atom is 0.358 e. The monoisotopic (exact) mass is 544 g/mol. The highest BCUT2D eigenvalue weighted by Gasteiger charge is 2.45. The van der Waals surface area contributed by atoms with Crippen LogP contribution in [0.15, 0.2) is 12.1 Å². The molecule has 0 aromatic heterocycles. The zero-order chi connectivity index (χ0) is 26.9. The molecule has 4 aliphatic rings. The van der Waals surface area contributed by atoms with Crippen LogP contribution < -0.4 is 0 Å². The number of alkyl halides is 2. The highest BCUT2D eigenvalue weighted by molar-refractivity contribution is 5.23. The lowest BCUT2D eigenvalue weighted by atomic mass is 9.77. The van der Waals surface area contributed by atoms with Crippen LogP contribution in [0.3, 0.4) is 0 Å². The normalized spacial score (nSPS) is 37.2. The number of halogens is 5. The summed E-state index contributed by atoms with van der Waals surface area (Å²) in [7, 11) is 0. The Morgan fingerprint density at radius 2 is 1.26 bits per heavy atom. The molecule has 3 aliphatic carbocycles. The first-order valence-corrected chi connectivity index (χ1v) is 14.6. The Morgan fingerprint density at radius 3 is 1.84 bits per heavy atom. The molecule has 8 heteroatoms. The van der Waals surface area contributed by atoms with Crippen molar-refractivity contribution in [3.05, 3.63) is 35.1 Å². The Kier molecular flexibility index (Phi) is 9.00. The molecular weight excluding hydrogens is 503 g/mol. The molecule has 1 aliphatic heterocycles. The first kappa shape index (κ1) is 28.3. The van der Waals surface area contributed by atoms with E-state index in [4.69, 9.17) is 14.2 Å². The minimum Gasteiger partial charge on any atom is -0.352 e. The van der Waals surface area contributed by atoms with Crippen molar-refractivity contribution < 1.29 is 36.2 Å². The fourth-order valence-corrected chi connectivity index (χ4v) is 7.21. The summed E-state index contributed by atoms with van der Waals surface area (Å²) in [6.45, 7) is 3.34. The van der Waals surface area contributed by atoms with Crippen LogP contribution >= 0.6 is 0 Å². The van der Waals surface area contributed by atoms with Gasteiger partial charge in [0.05, 0.1) is 25.2 Å². The largest absolute Gasteiger partial charge is 0.358 e. The van der Waals surface area contributed by atoms with Gasteiger partial charge in [0.15, 0.2) is 23.7 Å². The maximum absolute atomic E-state index is 14.8. The zero-order valence-electron chi connectivity index (χ0n) is 22.3. The lowest BCUT2D eigenvalue weighted by molar-refractivity contribution is -0.303. The van der Waals surface area contributed by atoms with Gasteiger partial charge in [-0.1, -0.05) is 19.8 Å². The van der Waals surface area contributed by atoms with Crippen LogP contribution in [0.2, 0.25) is 0 Å². The smallest absolute Gasteiger partial charge is 0.352 e. The quantitative estimate of drug-likeness (QED) is 0.266. The molecule has 0 spiro atoms. The predicted molar refractivity (Wildman–Crippen MR) is 133 cm³/mol. The molecule has 0 radical (unpaired) electrons. The van der Waals surface area contributed by atoms with Crippen molar-refractivity contribution in [2.24, 2.45) is 29.6 Å². The van der Waals surface area contributed by atoms with Gasteiger partial charge >= 0.3 is 6.11 Å². The summed E-state index contributed by atoms with van der Waals surface area (Å²) in [4.78, 5) is 0. The van der Waals surface area contributed by atoms with E-state index in [0.29, 0.717) is 56.3 Å². The molecular formula is C30H41F5O3. The van der Waals surface area contributed by atoms with Crippen molar-refractivity contribution in [1.29, 1.82) is 0 Å². The van der Waals surface area contributed by atoms with Gasteiger partial charge in [0, 0.05) is 11.8 Å². The third kappa shape index (κ3) is 6.55. The van der Waals surface area contributed by atoms with Gasteiger partial charge in [-0.3, -0.25) is 0 Å². The Morgan fingerprint density at radius 1 is 0.711 bits per heavy atom. The van der Waals surface area contributed by atoms with Crippen LogP contribution in [0.25, 0.3) is 0 Å². The number of hydrogen-bond acceptors (Lipinski definition) is 3. The second-order valence-electron chi connectivity index (χ2n) is 12.4. The summed E-state index contributed by atoms with van der Waals surface area (Å²) in [6.07, 6.45) is 5.24. The van der Waals surface area contributed by atoms with Crippen LogP contribution in [0, 0.1) is 47.0 Å². The topological polar surface area (TPSA) is 27.7 Å². The van der Waals surface area contributed by atoms with Crippen LogP contribution in [0.1, 0.15) is 95.5 Å². The summed E-state index contributed by atoms with van der Waals surface area (Å²) < 4.78 is 87.7. The van der Waals surface area contributed by atoms with E-state index in [2.05, 4.69) is 6.92 Å². The minimum absolute atomic E-state index is 0.00126. The highest BCUT2D eigenvalue weighted by atomic mass is 19.3. The molecule has 0 amide bonds. The summed E-state index contributed by atoms with van der Waals surface area (Å²) in [5, 5.41) is 0. The van der Waals surface area contributed by atoms with Gasteiger partial charge in [-0.2, -0.15) is 8.78 Å². The standard InChI is InChI=1S/C30H41F5O3/c1-18-2-10-24(11-3-18)30(34,35)38-25-12-8-20(9-13-25)23-16-36-29(37-17-23)21-6-4-19(5-7-21)22-14-26(31)28(33)27(32)15-22/h14-15,18-21,23-25,29H,2-13,16-17H2,1H3. The van der Waals surface area contributed by atoms with Crippen molar-refractivity contribution in [1.82, 2.24) is 0 Å². The lowest BCUT2D eigenvalue weighted by Crippen LogP contribution is -2.43. The predicted octanol–water partition coefficient (Wildman–Crippen LogP) is 8.36. The van der Waals surface area contributed by atoms with Gasteiger partial charge in [0.2, 0.25) is 0 Å². The Balaban J connectivity index is 1.02. The molecule has 1 aromatic rings.